The van der Waals surface area contributed by atoms with E-state index in [4.69, 9.17) is 27.9 Å². The van der Waals surface area contributed by atoms with Gasteiger partial charge >= 0.3 is 0 Å². The predicted molar refractivity (Wildman–Crippen MR) is 89.5 cm³/mol. The van der Waals surface area contributed by atoms with Crippen molar-refractivity contribution in [3.63, 3.8) is 0 Å². The van der Waals surface area contributed by atoms with Crippen molar-refractivity contribution in [2.24, 2.45) is 0 Å². The van der Waals surface area contributed by atoms with Gasteiger partial charge in [0, 0.05) is 10.7 Å². The van der Waals surface area contributed by atoms with Crippen molar-refractivity contribution in [3.05, 3.63) is 52.5 Å². The standard InChI is InChI=1S/C15H15Cl2NO3S/c1-2-9-21-13-6-4-12(5-7-13)18-22(19,20)15-10-11(16)3-8-14(15)17/h3-8,10,18H,2,9H2,1H3. The lowest BCUT2D eigenvalue weighted by Gasteiger charge is -2.11. The highest BCUT2D eigenvalue weighted by Gasteiger charge is 2.18. The van der Waals surface area contributed by atoms with Crippen LogP contribution in [0, 0.1) is 0 Å². The summed E-state index contributed by atoms with van der Waals surface area (Å²) in [4.78, 5) is -0.0621. The van der Waals surface area contributed by atoms with E-state index in [1.165, 1.54) is 18.2 Å². The maximum atomic E-state index is 12.3. The molecule has 2 aromatic rings. The van der Waals surface area contributed by atoms with Crippen LogP contribution in [0.3, 0.4) is 0 Å². The van der Waals surface area contributed by atoms with Gasteiger partial charge in [0.15, 0.2) is 0 Å². The number of halogens is 2. The lowest BCUT2D eigenvalue weighted by Crippen LogP contribution is -2.13. The van der Waals surface area contributed by atoms with Gasteiger partial charge in [0.25, 0.3) is 10.0 Å². The zero-order chi connectivity index (χ0) is 16.2. The summed E-state index contributed by atoms with van der Waals surface area (Å²) in [6.07, 6.45) is 0.904. The summed E-state index contributed by atoms with van der Waals surface area (Å²) in [6.45, 7) is 2.63. The second-order valence-corrected chi connectivity index (χ2v) is 7.05. The monoisotopic (exact) mass is 359 g/mol. The van der Waals surface area contributed by atoms with E-state index in [2.05, 4.69) is 4.72 Å². The third-order valence-electron chi connectivity index (χ3n) is 2.76. The van der Waals surface area contributed by atoms with Crippen LogP contribution < -0.4 is 9.46 Å². The molecular formula is C15H15Cl2NO3S. The highest BCUT2D eigenvalue weighted by atomic mass is 35.5. The van der Waals surface area contributed by atoms with Gasteiger partial charge in [-0.3, -0.25) is 4.72 Å². The van der Waals surface area contributed by atoms with Crippen molar-refractivity contribution < 1.29 is 13.2 Å². The summed E-state index contributed by atoms with van der Waals surface area (Å²) in [5.41, 5.74) is 0.417. The number of ether oxygens (including phenoxy) is 1. The van der Waals surface area contributed by atoms with Gasteiger partial charge in [-0.2, -0.15) is 0 Å². The first-order valence-corrected chi connectivity index (χ1v) is 8.87. The lowest BCUT2D eigenvalue weighted by atomic mass is 10.3. The Balaban J connectivity index is 2.20. The Labute approximate surface area is 140 Å². The second kappa shape index (κ2) is 7.22. The van der Waals surface area contributed by atoms with E-state index in [1.807, 2.05) is 6.92 Å². The minimum atomic E-state index is -3.80. The third kappa shape index (κ3) is 4.29. The minimum absolute atomic E-state index is 0.0621. The van der Waals surface area contributed by atoms with Crippen LogP contribution in [0.25, 0.3) is 0 Å². The first kappa shape index (κ1) is 16.9. The second-order valence-electron chi connectivity index (χ2n) is 4.55. The molecule has 0 unspecified atom stereocenters. The molecule has 0 saturated heterocycles. The molecule has 2 aromatic carbocycles. The molecule has 0 saturated carbocycles. The van der Waals surface area contributed by atoms with Crippen molar-refractivity contribution in [1.82, 2.24) is 0 Å². The number of rotatable bonds is 6. The molecule has 22 heavy (non-hydrogen) atoms. The molecule has 2 rings (SSSR count). The summed E-state index contributed by atoms with van der Waals surface area (Å²) in [5, 5.41) is 0.410. The molecule has 0 fully saturated rings. The number of sulfonamides is 1. The van der Waals surface area contributed by atoms with E-state index in [1.54, 1.807) is 24.3 Å². The van der Waals surface area contributed by atoms with E-state index in [9.17, 15) is 8.42 Å². The lowest BCUT2D eigenvalue weighted by molar-refractivity contribution is 0.317. The Bertz CT molecular complexity index is 746. The maximum Gasteiger partial charge on any atom is 0.263 e. The third-order valence-corrected chi connectivity index (χ3v) is 4.86. The Kier molecular flexibility index (Phi) is 5.56. The van der Waals surface area contributed by atoms with E-state index in [0.717, 1.165) is 6.42 Å². The molecule has 0 radical (unpaired) electrons. The molecule has 0 aromatic heterocycles. The molecular weight excluding hydrogens is 345 g/mol. The maximum absolute atomic E-state index is 12.3. The summed E-state index contributed by atoms with van der Waals surface area (Å²) < 4.78 is 32.6. The quantitative estimate of drug-likeness (QED) is 0.820. The van der Waals surface area contributed by atoms with Gasteiger partial charge in [0.2, 0.25) is 0 Å². The normalized spacial score (nSPS) is 11.2. The fourth-order valence-electron chi connectivity index (χ4n) is 1.73. The van der Waals surface area contributed by atoms with Gasteiger partial charge in [0.05, 0.1) is 11.6 Å². The van der Waals surface area contributed by atoms with Crippen LogP contribution in [-0.4, -0.2) is 15.0 Å². The number of benzene rings is 2. The van der Waals surface area contributed by atoms with Crippen LogP contribution in [0.5, 0.6) is 5.75 Å². The minimum Gasteiger partial charge on any atom is -0.494 e. The average molecular weight is 360 g/mol. The SMILES string of the molecule is CCCOc1ccc(NS(=O)(=O)c2cc(Cl)ccc2Cl)cc1. The van der Waals surface area contributed by atoms with Crippen molar-refractivity contribution >= 4 is 38.9 Å². The molecule has 0 aliphatic heterocycles. The number of anilines is 1. The van der Waals surface area contributed by atoms with Crippen LogP contribution in [0.4, 0.5) is 5.69 Å². The molecule has 0 atom stereocenters. The van der Waals surface area contributed by atoms with Gasteiger partial charge in [0.1, 0.15) is 10.6 Å². The summed E-state index contributed by atoms with van der Waals surface area (Å²) in [7, 11) is -3.80. The first-order valence-electron chi connectivity index (χ1n) is 6.63. The van der Waals surface area contributed by atoms with Crippen LogP contribution >= 0.6 is 23.2 Å². The number of hydrogen-bond acceptors (Lipinski definition) is 3. The fourth-order valence-corrected chi connectivity index (χ4v) is 3.55. The molecule has 0 bridgehead atoms. The van der Waals surface area contributed by atoms with Crippen LogP contribution in [-0.2, 0) is 10.0 Å². The van der Waals surface area contributed by atoms with Gasteiger partial charge < -0.3 is 4.74 Å². The molecule has 0 spiro atoms. The summed E-state index contributed by atoms with van der Waals surface area (Å²) >= 11 is 11.8. The van der Waals surface area contributed by atoms with Gasteiger partial charge in [-0.15, -0.1) is 0 Å². The van der Waals surface area contributed by atoms with E-state index >= 15 is 0 Å². The van der Waals surface area contributed by atoms with Crippen molar-refractivity contribution in [2.45, 2.75) is 18.2 Å². The molecule has 7 heteroatoms. The zero-order valence-electron chi connectivity index (χ0n) is 11.8. The van der Waals surface area contributed by atoms with Crippen molar-refractivity contribution in [2.75, 3.05) is 11.3 Å². The fraction of sp³-hybridized carbons (Fsp3) is 0.200. The molecule has 0 aliphatic rings. The van der Waals surface area contributed by atoms with Gasteiger partial charge in [-0.25, -0.2) is 8.42 Å². The molecule has 0 amide bonds. The van der Waals surface area contributed by atoms with E-state index < -0.39 is 10.0 Å². The zero-order valence-corrected chi connectivity index (χ0v) is 14.2. The Hall–Kier alpha value is -1.43. The predicted octanol–water partition coefficient (Wildman–Crippen LogP) is 4.58. The molecule has 0 heterocycles. The van der Waals surface area contributed by atoms with Crippen molar-refractivity contribution in [3.8, 4) is 5.75 Å². The first-order chi connectivity index (χ1) is 10.4. The molecule has 118 valence electrons. The Morgan fingerprint density at radius 1 is 1.09 bits per heavy atom. The smallest absolute Gasteiger partial charge is 0.263 e. The molecule has 1 N–H and O–H groups in total. The Morgan fingerprint density at radius 2 is 1.77 bits per heavy atom. The number of hydrogen-bond donors (Lipinski definition) is 1. The Morgan fingerprint density at radius 3 is 2.41 bits per heavy atom. The van der Waals surface area contributed by atoms with E-state index in [-0.39, 0.29) is 9.92 Å². The van der Waals surface area contributed by atoms with Gasteiger partial charge in [-0.05, 0) is 48.9 Å². The average Bonchev–Trinajstić information content (AvgIpc) is 2.48. The van der Waals surface area contributed by atoms with Crippen LogP contribution in [0.15, 0.2) is 47.4 Å². The number of nitrogens with one attached hydrogen (secondary N) is 1. The highest BCUT2D eigenvalue weighted by molar-refractivity contribution is 7.92. The molecule has 4 nitrogen and oxygen atoms in total. The van der Waals surface area contributed by atoms with Gasteiger partial charge in [-0.1, -0.05) is 30.1 Å². The highest BCUT2D eigenvalue weighted by Crippen LogP contribution is 2.27. The van der Waals surface area contributed by atoms with Crippen LogP contribution in [0.1, 0.15) is 13.3 Å². The van der Waals surface area contributed by atoms with E-state index in [0.29, 0.717) is 23.1 Å². The summed E-state index contributed by atoms with van der Waals surface area (Å²) in [5.74, 6) is 0.686. The van der Waals surface area contributed by atoms with Crippen molar-refractivity contribution in [1.29, 1.82) is 0 Å². The summed E-state index contributed by atoms with van der Waals surface area (Å²) in [6, 6.07) is 10.9. The van der Waals surface area contributed by atoms with Crippen LogP contribution in [0.2, 0.25) is 10.0 Å². The largest absolute Gasteiger partial charge is 0.494 e. The topological polar surface area (TPSA) is 55.4 Å². The molecule has 0 aliphatic carbocycles.